The molecule has 1 atom stereocenters. The van der Waals surface area contributed by atoms with Crippen LogP contribution in [0, 0.1) is 18.3 Å². The number of thioether (sulfide) groups is 1. The molecule has 26 heavy (non-hydrogen) atoms. The van der Waals surface area contributed by atoms with Crippen molar-refractivity contribution in [3.63, 3.8) is 0 Å². The monoisotopic (exact) mass is 383 g/mol. The second-order valence-electron chi connectivity index (χ2n) is 5.87. The number of allylic oxidation sites excluding steroid dienone is 1. The average Bonchev–Trinajstić information content (AvgIpc) is 3.16. The number of nitrogens with one attached hydrogen (secondary N) is 2. The first-order valence-electron chi connectivity index (χ1n) is 8.03. The molecule has 2 amide bonds. The average molecular weight is 383 g/mol. The Kier molecular flexibility index (Phi) is 5.76. The predicted octanol–water partition coefficient (Wildman–Crippen LogP) is 3.77. The summed E-state index contributed by atoms with van der Waals surface area (Å²) in [6, 6.07) is 11.7. The molecule has 0 spiro atoms. The van der Waals surface area contributed by atoms with Gasteiger partial charge in [-0.1, -0.05) is 30.0 Å². The highest BCUT2D eigenvalue weighted by molar-refractivity contribution is 8.03. The molecule has 1 aliphatic rings. The smallest absolute Gasteiger partial charge is 0.234 e. The van der Waals surface area contributed by atoms with Gasteiger partial charge in [-0.2, -0.15) is 16.6 Å². The summed E-state index contributed by atoms with van der Waals surface area (Å²) in [6.07, 6.45) is 0.249. The van der Waals surface area contributed by atoms with Gasteiger partial charge >= 0.3 is 0 Å². The summed E-state index contributed by atoms with van der Waals surface area (Å²) in [5.74, 6) is -0.448. The van der Waals surface area contributed by atoms with Crippen LogP contribution in [-0.4, -0.2) is 17.6 Å². The van der Waals surface area contributed by atoms with Gasteiger partial charge in [-0.25, -0.2) is 0 Å². The fourth-order valence-corrected chi connectivity index (χ4v) is 4.32. The van der Waals surface area contributed by atoms with E-state index in [0.29, 0.717) is 10.6 Å². The third-order valence-corrected chi connectivity index (χ3v) is 5.79. The van der Waals surface area contributed by atoms with E-state index in [1.807, 2.05) is 48.0 Å². The summed E-state index contributed by atoms with van der Waals surface area (Å²) in [5, 5.41) is 19.5. The van der Waals surface area contributed by atoms with Crippen molar-refractivity contribution in [2.75, 3.05) is 11.1 Å². The molecule has 5 nitrogen and oxygen atoms in total. The molecular formula is C19H17N3O2S2. The van der Waals surface area contributed by atoms with Gasteiger partial charge in [0.1, 0.15) is 0 Å². The Labute approximate surface area is 160 Å². The zero-order valence-corrected chi connectivity index (χ0v) is 15.7. The van der Waals surface area contributed by atoms with Crippen molar-refractivity contribution in [3.05, 3.63) is 62.8 Å². The number of amides is 2. The number of thiophene rings is 1. The van der Waals surface area contributed by atoms with Crippen LogP contribution in [0.2, 0.25) is 0 Å². The Bertz CT molecular complexity index is 898. The quantitative estimate of drug-likeness (QED) is 0.823. The van der Waals surface area contributed by atoms with Crippen LogP contribution >= 0.6 is 23.1 Å². The number of rotatable bonds is 5. The number of nitrogens with zero attached hydrogens (tertiary/aromatic N) is 1. The summed E-state index contributed by atoms with van der Waals surface area (Å²) in [5.41, 5.74) is 3.21. The number of hydrogen-bond donors (Lipinski definition) is 2. The van der Waals surface area contributed by atoms with Crippen molar-refractivity contribution in [1.82, 2.24) is 5.32 Å². The van der Waals surface area contributed by atoms with Crippen molar-refractivity contribution >= 4 is 40.6 Å². The highest BCUT2D eigenvalue weighted by atomic mass is 32.2. The van der Waals surface area contributed by atoms with Gasteiger partial charge in [0, 0.05) is 18.0 Å². The van der Waals surface area contributed by atoms with Gasteiger partial charge in [-0.05, 0) is 40.9 Å². The second kappa shape index (κ2) is 8.21. The highest BCUT2D eigenvalue weighted by Gasteiger charge is 2.30. The Hall–Kier alpha value is -2.56. The third kappa shape index (κ3) is 4.15. The van der Waals surface area contributed by atoms with Crippen molar-refractivity contribution in [1.29, 1.82) is 5.26 Å². The molecule has 1 aliphatic heterocycles. The Morgan fingerprint density at radius 2 is 2.23 bits per heavy atom. The number of nitriles is 1. The van der Waals surface area contributed by atoms with E-state index < -0.39 is 0 Å². The summed E-state index contributed by atoms with van der Waals surface area (Å²) in [6.45, 7) is 1.92. The normalized spacial score (nSPS) is 16.8. The largest absolute Gasteiger partial charge is 0.325 e. The summed E-state index contributed by atoms with van der Waals surface area (Å²) in [7, 11) is 0. The molecule has 2 aromatic rings. The van der Waals surface area contributed by atoms with Crippen LogP contribution in [0.15, 0.2) is 51.7 Å². The summed E-state index contributed by atoms with van der Waals surface area (Å²) < 4.78 is 0. The van der Waals surface area contributed by atoms with E-state index in [-0.39, 0.29) is 29.9 Å². The number of benzene rings is 1. The molecular weight excluding hydrogens is 366 g/mol. The molecule has 1 aromatic heterocycles. The van der Waals surface area contributed by atoms with Gasteiger partial charge in [0.05, 0.1) is 22.4 Å². The van der Waals surface area contributed by atoms with Crippen LogP contribution in [0.4, 0.5) is 5.69 Å². The number of para-hydroxylation sites is 1. The van der Waals surface area contributed by atoms with Crippen LogP contribution < -0.4 is 10.6 Å². The molecule has 1 aromatic carbocycles. The second-order valence-corrected chi connectivity index (χ2v) is 7.63. The lowest BCUT2D eigenvalue weighted by molar-refractivity contribution is -0.121. The lowest BCUT2D eigenvalue weighted by Crippen LogP contribution is -2.31. The van der Waals surface area contributed by atoms with Gasteiger partial charge in [0.15, 0.2) is 0 Å². The molecule has 3 rings (SSSR count). The van der Waals surface area contributed by atoms with Gasteiger partial charge in [0.25, 0.3) is 0 Å². The molecule has 0 bridgehead atoms. The first-order chi connectivity index (χ1) is 12.6. The third-order valence-electron chi connectivity index (χ3n) is 4.07. The van der Waals surface area contributed by atoms with Crippen LogP contribution in [0.5, 0.6) is 0 Å². The van der Waals surface area contributed by atoms with E-state index in [9.17, 15) is 14.9 Å². The van der Waals surface area contributed by atoms with Gasteiger partial charge < -0.3 is 10.6 Å². The maximum Gasteiger partial charge on any atom is 0.234 e. The molecule has 2 N–H and O–H groups in total. The van der Waals surface area contributed by atoms with Crippen molar-refractivity contribution in [2.24, 2.45) is 0 Å². The summed E-state index contributed by atoms with van der Waals surface area (Å²) >= 11 is 2.72. The molecule has 7 heteroatoms. The van der Waals surface area contributed by atoms with Crippen LogP contribution in [0.3, 0.4) is 0 Å². The molecule has 0 fully saturated rings. The van der Waals surface area contributed by atoms with E-state index in [1.54, 1.807) is 0 Å². The Balaban J connectivity index is 1.72. The first kappa shape index (κ1) is 18.2. The number of aryl methyl sites for hydroxylation is 1. The van der Waals surface area contributed by atoms with E-state index in [2.05, 4.69) is 16.7 Å². The standard InChI is InChI=1S/C19H17N3O2S2/c1-12-4-2-3-5-16(12)21-18(24)11-26-19-15(9-20)14(8-17(23)22-19)13-6-7-25-10-13/h2-7,10,14H,8,11H2,1H3,(H,21,24)(H,22,23)/t14-/m0/s1. The van der Waals surface area contributed by atoms with Crippen molar-refractivity contribution in [3.8, 4) is 6.07 Å². The van der Waals surface area contributed by atoms with Crippen LogP contribution in [-0.2, 0) is 9.59 Å². The van der Waals surface area contributed by atoms with Gasteiger partial charge in [-0.15, -0.1) is 0 Å². The fraction of sp³-hybridized carbons (Fsp3) is 0.211. The minimum Gasteiger partial charge on any atom is -0.325 e. The van der Waals surface area contributed by atoms with E-state index >= 15 is 0 Å². The minimum atomic E-state index is -0.248. The topological polar surface area (TPSA) is 82.0 Å². The molecule has 2 heterocycles. The van der Waals surface area contributed by atoms with Crippen LogP contribution in [0.25, 0.3) is 0 Å². The zero-order chi connectivity index (χ0) is 18.5. The lowest BCUT2D eigenvalue weighted by Gasteiger charge is -2.24. The SMILES string of the molecule is Cc1ccccc1NC(=O)CSC1=C(C#N)[C@H](c2ccsc2)CC(=O)N1. The maximum atomic E-state index is 12.2. The number of hydrogen-bond acceptors (Lipinski definition) is 5. The van der Waals surface area contributed by atoms with E-state index in [0.717, 1.165) is 16.8 Å². The molecule has 0 unspecified atom stereocenters. The van der Waals surface area contributed by atoms with E-state index in [1.165, 1.54) is 23.1 Å². The van der Waals surface area contributed by atoms with Gasteiger partial charge in [-0.3, -0.25) is 9.59 Å². The van der Waals surface area contributed by atoms with Gasteiger partial charge in [0.2, 0.25) is 11.8 Å². The Morgan fingerprint density at radius 3 is 2.92 bits per heavy atom. The molecule has 132 valence electrons. The zero-order valence-electron chi connectivity index (χ0n) is 14.1. The van der Waals surface area contributed by atoms with E-state index in [4.69, 9.17) is 0 Å². The summed E-state index contributed by atoms with van der Waals surface area (Å²) in [4.78, 5) is 24.3. The number of carbonyl (C=O) groups excluding carboxylic acids is 2. The van der Waals surface area contributed by atoms with Crippen LogP contribution in [0.1, 0.15) is 23.5 Å². The minimum absolute atomic E-state index is 0.117. The lowest BCUT2D eigenvalue weighted by atomic mass is 9.89. The molecule has 0 saturated carbocycles. The Morgan fingerprint density at radius 1 is 1.42 bits per heavy atom. The molecule has 0 saturated heterocycles. The highest BCUT2D eigenvalue weighted by Crippen LogP contribution is 2.36. The molecule has 0 aliphatic carbocycles. The predicted molar refractivity (Wildman–Crippen MR) is 105 cm³/mol. The van der Waals surface area contributed by atoms with Crippen molar-refractivity contribution < 1.29 is 9.59 Å². The maximum absolute atomic E-state index is 12.2. The molecule has 0 radical (unpaired) electrons. The number of carbonyl (C=O) groups is 2. The van der Waals surface area contributed by atoms with Crippen molar-refractivity contribution in [2.45, 2.75) is 19.3 Å². The number of anilines is 1. The first-order valence-corrected chi connectivity index (χ1v) is 9.96. The fourth-order valence-electron chi connectivity index (χ4n) is 2.73.